The molecule has 0 atom stereocenters. The third-order valence-electron chi connectivity index (χ3n) is 3.23. The fourth-order valence-corrected chi connectivity index (χ4v) is 3.01. The summed E-state index contributed by atoms with van der Waals surface area (Å²) in [5.41, 5.74) is 2.07. The van der Waals surface area contributed by atoms with Crippen molar-refractivity contribution in [2.75, 3.05) is 12.4 Å². The van der Waals surface area contributed by atoms with Crippen molar-refractivity contribution in [3.8, 4) is 11.4 Å². The van der Waals surface area contributed by atoms with Crippen LogP contribution in [-0.2, 0) is 6.42 Å². The van der Waals surface area contributed by atoms with Crippen LogP contribution in [0.4, 0.5) is 0 Å². The summed E-state index contributed by atoms with van der Waals surface area (Å²) < 4.78 is 7.38. The Labute approximate surface area is 138 Å². The third kappa shape index (κ3) is 3.89. The third-order valence-corrected chi connectivity index (χ3v) is 4.24. The number of ether oxygens (including phenoxy) is 1. The van der Waals surface area contributed by atoms with Gasteiger partial charge in [-0.05, 0) is 47.9 Å². The molecule has 0 saturated heterocycles. The van der Waals surface area contributed by atoms with Gasteiger partial charge in [-0.15, -0.1) is 5.10 Å². The highest BCUT2D eigenvalue weighted by atomic mass is 32.2. The highest BCUT2D eigenvalue weighted by Gasteiger charge is 2.13. The number of para-hydroxylation sites is 2. The predicted octanol–water partition coefficient (Wildman–Crippen LogP) is 2.51. The number of thioether (sulfide) groups is 1. The van der Waals surface area contributed by atoms with Crippen molar-refractivity contribution < 1.29 is 4.74 Å². The minimum atomic E-state index is 0.603. The van der Waals surface area contributed by atoms with E-state index in [4.69, 9.17) is 4.74 Å². The number of nitrogens with zero attached hydrogens (tertiary/aromatic N) is 5. The zero-order valence-corrected chi connectivity index (χ0v) is 13.7. The molecule has 2 aromatic heterocycles. The smallest absolute Gasteiger partial charge is 0.214 e. The second-order valence-corrected chi connectivity index (χ2v) is 5.89. The number of aromatic amines is 1. The maximum absolute atomic E-state index is 5.65. The molecule has 0 aliphatic carbocycles. The van der Waals surface area contributed by atoms with E-state index in [1.165, 1.54) is 5.56 Å². The fourth-order valence-electron chi connectivity index (χ4n) is 2.18. The van der Waals surface area contributed by atoms with Crippen molar-refractivity contribution in [2.24, 2.45) is 0 Å². The molecule has 0 fully saturated rings. The molecule has 120 valence electrons. The average Bonchev–Trinajstić information content (AvgIpc) is 3.24. The largest absolute Gasteiger partial charge is 0.492 e. The lowest BCUT2D eigenvalue weighted by Gasteiger charge is -2.10. The first-order valence-corrected chi connectivity index (χ1v) is 8.48. The van der Waals surface area contributed by atoms with E-state index in [1.807, 2.05) is 43.6 Å². The zero-order valence-electron chi connectivity index (χ0n) is 12.8. The van der Waals surface area contributed by atoms with Gasteiger partial charge in [0.15, 0.2) is 0 Å². The van der Waals surface area contributed by atoms with Gasteiger partial charge in [-0.2, -0.15) is 9.78 Å². The Balaban J connectivity index is 1.65. The summed E-state index contributed by atoms with van der Waals surface area (Å²) >= 11 is 1.64. The SMILES string of the molecule is CCOc1ccccc1-n1nnnc1SCCCc1cn[nH]c1. The van der Waals surface area contributed by atoms with Gasteiger partial charge in [0.1, 0.15) is 11.4 Å². The van der Waals surface area contributed by atoms with Crippen molar-refractivity contribution in [1.82, 2.24) is 30.4 Å². The first-order chi connectivity index (χ1) is 11.4. The van der Waals surface area contributed by atoms with E-state index in [2.05, 4.69) is 25.7 Å². The lowest BCUT2D eigenvalue weighted by molar-refractivity contribution is 0.337. The molecule has 8 heteroatoms. The molecule has 0 saturated carbocycles. The van der Waals surface area contributed by atoms with E-state index in [9.17, 15) is 0 Å². The first-order valence-electron chi connectivity index (χ1n) is 7.49. The van der Waals surface area contributed by atoms with E-state index in [1.54, 1.807) is 16.4 Å². The van der Waals surface area contributed by atoms with Gasteiger partial charge in [0, 0.05) is 11.9 Å². The topological polar surface area (TPSA) is 81.5 Å². The Morgan fingerprint density at radius 2 is 2.22 bits per heavy atom. The van der Waals surface area contributed by atoms with Crippen LogP contribution < -0.4 is 4.74 Å². The van der Waals surface area contributed by atoms with E-state index in [0.29, 0.717) is 6.61 Å². The maximum Gasteiger partial charge on any atom is 0.214 e. The van der Waals surface area contributed by atoms with Crippen LogP contribution in [0.3, 0.4) is 0 Å². The van der Waals surface area contributed by atoms with E-state index < -0.39 is 0 Å². The Kier molecular flexibility index (Phi) is 5.25. The lowest BCUT2D eigenvalue weighted by Crippen LogP contribution is -2.03. The number of aromatic nitrogens is 6. The first kappa shape index (κ1) is 15.5. The molecule has 0 unspecified atom stereocenters. The molecule has 23 heavy (non-hydrogen) atoms. The summed E-state index contributed by atoms with van der Waals surface area (Å²) in [5.74, 6) is 1.71. The van der Waals surface area contributed by atoms with E-state index >= 15 is 0 Å². The molecule has 0 aliphatic rings. The quantitative estimate of drug-likeness (QED) is 0.505. The number of aryl methyl sites for hydroxylation is 1. The molecule has 3 aromatic rings. The van der Waals surface area contributed by atoms with Crippen molar-refractivity contribution in [2.45, 2.75) is 24.9 Å². The number of nitrogens with one attached hydrogen (secondary N) is 1. The molecule has 0 bridgehead atoms. The summed E-state index contributed by atoms with van der Waals surface area (Å²) in [6, 6.07) is 7.77. The normalized spacial score (nSPS) is 10.8. The predicted molar refractivity (Wildman–Crippen MR) is 88.0 cm³/mol. The minimum absolute atomic E-state index is 0.603. The van der Waals surface area contributed by atoms with Crippen molar-refractivity contribution in [3.63, 3.8) is 0 Å². The summed E-state index contributed by atoms with van der Waals surface area (Å²) in [6.07, 6.45) is 5.80. The number of hydrogen-bond acceptors (Lipinski definition) is 6. The summed E-state index contributed by atoms with van der Waals surface area (Å²) in [4.78, 5) is 0. The number of rotatable bonds is 8. The monoisotopic (exact) mass is 330 g/mol. The zero-order chi connectivity index (χ0) is 15.9. The number of benzene rings is 1. The molecular formula is C15H18N6OS. The van der Waals surface area contributed by atoms with Gasteiger partial charge in [-0.25, -0.2) is 0 Å². The summed E-state index contributed by atoms with van der Waals surface area (Å²) in [7, 11) is 0. The van der Waals surface area contributed by atoms with Crippen molar-refractivity contribution in [3.05, 3.63) is 42.2 Å². The van der Waals surface area contributed by atoms with Crippen LogP contribution in [0, 0.1) is 0 Å². The van der Waals surface area contributed by atoms with Crippen LogP contribution in [-0.4, -0.2) is 42.8 Å². The van der Waals surface area contributed by atoms with Gasteiger partial charge < -0.3 is 4.74 Å². The second kappa shape index (κ2) is 7.77. The fraction of sp³-hybridized carbons (Fsp3) is 0.333. The van der Waals surface area contributed by atoms with Crippen molar-refractivity contribution >= 4 is 11.8 Å². The van der Waals surface area contributed by atoms with Crippen LogP contribution >= 0.6 is 11.8 Å². The molecule has 0 radical (unpaired) electrons. The van der Waals surface area contributed by atoms with Crippen molar-refractivity contribution in [1.29, 1.82) is 0 Å². The minimum Gasteiger partial charge on any atom is -0.492 e. The standard InChI is InChI=1S/C15H18N6OS/c1-2-22-14-8-4-3-7-13(14)21-15(18-19-20-21)23-9-5-6-12-10-16-17-11-12/h3-4,7-8,10-11H,2,5-6,9H2,1H3,(H,16,17). The van der Waals surface area contributed by atoms with Gasteiger partial charge in [0.2, 0.25) is 5.16 Å². The molecular weight excluding hydrogens is 312 g/mol. The lowest BCUT2D eigenvalue weighted by atomic mass is 10.2. The molecule has 2 heterocycles. The van der Waals surface area contributed by atoms with Gasteiger partial charge in [0.05, 0.1) is 12.8 Å². The van der Waals surface area contributed by atoms with Crippen LogP contribution in [0.25, 0.3) is 5.69 Å². The Hall–Kier alpha value is -2.35. The summed E-state index contributed by atoms with van der Waals surface area (Å²) in [6.45, 7) is 2.56. The molecule has 7 nitrogen and oxygen atoms in total. The Bertz CT molecular complexity index is 727. The number of tetrazole rings is 1. The highest BCUT2D eigenvalue weighted by Crippen LogP contribution is 2.26. The van der Waals surface area contributed by atoms with Crippen LogP contribution in [0.1, 0.15) is 18.9 Å². The number of hydrogen-bond donors (Lipinski definition) is 1. The van der Waals surface area contributed by atoms with Gasteiger partial charge >= 0.3 is 0 Å². The van der Waals surface area contributed by atoms with E-state index in [0.717, 1.165) is 35.2 Å². The van der Waals surface area contributed by atoms with Crippen LogP contribution in [0.5, 0.6) is 5.75 Å². The molecule has 0 aliphatic heterocycles. The van der Waals surface area contributed by atoms with Gasteiger partial charge in [0.25, 0.3) is 0 Å². The van der Waals surface area contributed by atoms with E-state index in [-0.39, 0.29) is 0 Å². The average molecular weight is 330 g/mol. The molecule has 1 N–H and O–H groups in total. The Morgan fingerprint density at radius 1 is 1.30 bits per heavy atom. The van der Waals surface area contributed by atoms with Crippen LogP contribution in [0.2, 0.25) is 0 Å². The Morgan fingerprint density at radius 3 is 3.04 bits per heavy atom. The molecule has 0 amide bonds. The van der Waals surface area contributed by atoms with Gasteiger partial charge in [-0.3, -0.25) is 5.10 Å². The molecule has 3 rings (SSSR count). The van der Waals surface area contributed by atoms with Crippen LogP contribution in [0.15, 0.2) is 41.8 Å². The number of H-pyrrole nitrogens is 1. The maximum atomic E-state index is 5.65. The molecule has 0 spiro atoms. The second-order valence-electron chi connectivity index (χ2n) is 4.83. The highest BCUT2D eigenvalue weighted by molar-refractivity contribution is 7.99. The van der Waals surface area contributed by atoms with Gasteiger partial charge in [-0.1, -0.05) is 23.9 Å². The summed E-state index contributed by atoms with van der Waals surface area (Å²) in [5, 5.41) is 19.6. The molecule has 1 aromatic carbocycles.